The van der Waals surface area contributed by atoms with Crippen molar-refractivity contribution < 1.29 is 38.7 Å². The van der Waals surface area contributed by atoms with Crippen molar-refractivity contribution in [1.82, 2.24) is 0 Å². The molecule has 8 atom stereocenters. The standard InChI is InChI=1S/C31H40O8/c1-18-12-15-31-25(37-26(34)38-31)23-29(6,24(33)22(32)21(18)27(31,2)3)20(35-16-19-10-8-7-9-11-19)13-14-30(23)17-36-28(4,5)39-30/h7-11,13-14,20,22-25,32-33H,12,15-17H2,1-6H3. The topological polar surface area (TPSA) is 104 Å². The van der Waals surface area contributed by atoms with Gasteiger partial charge in [-0.05, 0) is 44.7 Å². The third-order valence-electron chi connectivity index (χ3n) is 10.3. The Hall–Kier alpha value is -2.23. The van der Waals surface area contributed by atoms with Gasteiger partial charge in [-0.1, -0.05) is 68.8 Å². The highest BCUT2D eigenvalue weighted by Gasteiger charge is 2.76. The van der Waals surface area contributed by atoms with Crippen molar-refractivity contribution in [2.75, 3.05) is 6.61 Å². The first kappa shape index (κ1) is 27.0. The molecule has 5 aliphatic rings. The van der Waals surface area contributed by atoms with Crippen LogP contribution >= 0.6 is 0 Å². The first-order chi connectivity index (χ1) is 18.3. The minimum atomic E-state index is -1.27. The van der Waals surface area contributed by atoms with E-state index in [1.807, 2.05) is 84.0 Å². The van der Waals surface area contributed by atoms with E-state index in [4.69, 9.17) is 23.7 Å². The summed E-state index contributed by atoms with van der Waals surface area (Å²) in [6.07, 6.45) is 0.342. The zero-order chi connectivity index (χ0) is 28.0. The Morgan fingerprint density at radius 2 is 1.79 bits per heavy atom. The van der Waals surface area contributed by atoms with Gasteiger partial charge in [-0.3, -0.25) is 0 Å². The molecule has 0 radical (unpaired) electrons. The molecule has 8 nitrogen and oxygen atoms in total. The first-order valence-corrected chi connectivity index (χ1v) is 13.9. The van der Waals surface area contributed by atoms with Gasteiger partial charge < -0.3 is 33.9 Å². The largest absolute Gasteiger partial charge is 0.509 e. The normalized spacial score (nSPS) is 43.8. The fraction of sp³-hybridized carbons (Fsp3) is 0.645. The Balaban J connectivity index is 1.56. The van der Waals surface area contributed by atoms with Crippen LogP contribution in [0.25, 0.3) is 0 Å². The van der Waals surface area contributed by atoms with Gasteiger partial charge >= 0.3 is 6.16 Å². The third-order valence-corrected chi connectivity index (χ3v) is 10.3. The van der Waals surface area contributed by atoms with Crippen molar-refractivity contribution in [3.05, 3.63) is 59.2 Å². The van der Waals surface area contributed by atoms with Crippen LogP contribution in [-0.2, 0) is 30.3 Å². The molecule has 212 valence electrons. The van der Waals surface area contributed by atoms with Gasteiger partial charge in [0.15, 0.2) is 17.5 Å². The van der Waals surface area contributed by atoms with Crippen molar-refractivity contribution >= 4 is 6.16 Å². The Kier molecular flexibility index (Phi) is 5.97. The van der Waals surface area contributed by atoms with Crippen LogP contribution in [0.15, 0.2) is 53.6 Å². The molecular formula is C31H40O8. The van der Waals surface area contributed by atoms with Gasteiger partial charge in [-0.25, -0.2) is 4.79 Å². The molecule has 39 heavy (non-hydrogen) atoms. The van der Waals surface area contributed by atoms with Crippen LogP contribution in [0.5, 0.6) is 0 Å². The molecule has 3 fully saturated rings. The summed E-state index contributed by atoms with van der Waals surface area (Å²) in [4.78, 5) is 13.1. The summed E-state index contributed by atoms with van der Waals surface area (Å²) >= 11 is 0. The minimum Gasteiger partial charge on any atom is -0.426 e. The lowest BCUT2D eigenvalue weighted by Gasteiger charge is -2.62. The van der Waals surface area contributed by atoms with Crippen LogP contribution in [0, 0.1) is 16.7 Å². The monoisotopic (exact) mass is 540 g/mol. The zero-order valence-electron chi connectivity index (χ0n) is 23.6. The molecule has 2 spiro atoms. The number of fused-ring (bicyclic) bond motifs is 4. The Morgan fingerprint density at radius 1 is 1.08 bits per heavy atom. The van der Waals surface area contributed by atoms with E-state index in [2.05, 4.69) is 0 Å². The Morgan fingerprint density at radius 3 is 2.46 bits per heavy atom. The molecule has 1 saturated carbocycles. The van der Waals surface area contributed by atoms with E-state index >= 15 is 0 Å². The molecule has 2 aliphatic heterocycles. The quantitative estimate of drug-likeness (QED) is 0.429. The Bertz CT molecular complexity index is 1220. The maximum absolute atomic E-state index is 13.1. The van der Waals surface area contributed by atoms with Crippen molar-refractivity contribution in [1.29, 1.82) is 0 Å². The Labute approximate surface area is 229 Å². The van der Waals surface area contributed by atoms with E-state index < -0.39 is 64.3 Å². The number of hydrogen-bond acceptors (Lipinski definition) is 8. The lowest BCUT2D eigenvalue weighted by atomic mass is 9.47. The molecule has 2 saturated heterocycles. The summed E-state index contributed by atoms with van der Waals surface area (Å²) in [5.41, 5.74) is -1.44. The molecule has 8 unspecified atom stereocenters. The number of carbonyl (C=O) groups is 1. The average Bonchev–Trinajstić information content (AvgIpc) is 3.37. The van der Waals surface area contributed by atoms with Crippen LogP contribution in [-0.4, -0.2) is 64.4 Å². The van der Waals surface area contributed by atoms with Crippen LogP contribution < -0.4 is 0 Å². The molecule has 0 aromatic heterocycles. The van der Waals surface area contributed by atoms with Crippen LogP contribution in [0.2, 0.25) is 0 Å². The zero-order valence-corrected chi connectivity index (χ0v) is 23.6. The number of rotatable bonds is 3. The molecule has 8 heteroatoms. The van der Waals surface area contributed by atoms with Crippen LogP contribution in [0.4, 0.5) is 4.79 Å². The molecule has 0 amide bonds. The van der Waals surface area contributed by atoms with E-state index in [1.54, 1.807) is 0 Å². The number of benzene rings is 1. The molecule has 2 bridgehead atoms. The van der Waals surface area contributed by atoms with Gasteiger partial charge in [-0.2, -0.15) is 0 Å². The van der Waals surface area contributed by atoms with Crippen LogP contribution in [0.3, 0.4) is 0 Å². The van der Waals surface area contributed by atoms with Crippen LogP contribution in [0.1, 0.15) is 59.9 Å². The second kappa shape index (κ2) is 8.63. The molecule has 2 heterocycles. The lowest BCUT2D eigenvalue weighted by molar-refractivity contribution is -0.251. The van der Waals surface area contributed by atoms with E-state index in [1.165, 1.54) is 0 Å². The maximum atomic E-state index is 13.1. The van der Waals surface area contributed by atoms with E-state index in [-0.39, 0.29) is 6.61 Å². The highest BCUT2D eigenvalue weighted by Crippen LogP contribution is 2.65. The number of ether oxygens (including phenoxy) is 5. The summed E-state index contributed by atoms with van der Waals surface area (Å²) in [5, 5.41) is 24.2. The minimum absolute atomic E-state index is 0.192. The second-order valence-electron chi connectivity index (χ2n) is 13.2. The second-order valence-corrected chi connectivity index (χ2v) is 13.2. The van der Waals surface area contributed by atoms with Gasteiger partial charge in [0.05, 0.1) is 25.4 Å². The summed E-state index contributed by atoms with van der Waals surface area (Å²) < 4.78 is 31.6. The van der Waals surface area contributed by atoms with Gasteiger partial charge in [0.1, 0.15) is 11.7 Å². The summed E-state index contributed by atoms with van der Waals surface area (Å²) in [7, 11) is 0. The highest BCUT2D eigenvalue weighted by atomic mass is 16.8. The van der Waals surface area contributed by atoms with Crippen molar-refractivity contribution in [3.63, 3.8) is 0 Å². The van der Waals surface area contributed by atoms with Crippen molar-refractivity contribution in [2.24, 2.45) is 16.7 Å². The summed E-state index contributed by atoms with van der Waals surface area (Å²) in [6.45, 7) is 12.0. The van der Waals surface area contributed by atoms with E-state index in [0.29, 0.717) is 25.0 Å². The molecule has 2 N–H and O–H groups in total. The van der Waals surface area contributed by atoms with E-state index in [0.717, 1.165) is 11.1 Å². The predicted molar refractivity (Wildman–Crippen MR) is 141 cm³/mol. The van der Waals surface area contributed by atoms with Gasteiger partial charge in [0, 0.05) is 16.7 Å². The van der Waals surface area contributed by atoms with Crippen molar-refractivity contribution in [2.45, 2.75) is 102 Å². The predicted octanol–water partition coefficient (Wildman–Crippen LogP) is 4.43. The number of hydrogen-bond donors (Lipinski definition) is 2. The van der Waals surface area contributed by atoms with E-state index in [9.17, 15) is 15.0 Å². The average molecular weight is 541 g/mol. The van der Waals surface area contributed by atoms with Gasteiger partial charge in [-0.15, -0.1) is 0 Å². The summed E-state index contributed by atoms with van der Waals surface area (Å²) in [6, 6.07) is 9.82. The van der Waals surface area contributed by atoms with Gasteiger partial charge in [0.25, 0.3) is 0 Å². The number of allylic oxidation sites excluding steroid dienone is 1. The number of carbonyl (C=O) groups excluding carboxylic acids is 1. The number of aliphatic hydroxyl groups excluding tert-OH is 2. The maximum Gasteiger partial charge on any atom is 0.509 e. The fourth-order valence-corrected chi connectivity index (χ4v) is 8.38. The summed E-state index contributed by atoms with van der Waals surface area (Å²) in [5.74, 6) is -1.57. The van der Waals surface area contributed by atoms with Gasteiger partial charge in [0.2, 0.25) is 0 Å². The molecule has 1 aromatic rings. The third kappa shape index (κ3) is 3.65. The molecule has 3 aliphatic carbocycles. The molecular weight excluding hydrogens is 500 g/mol. The highest BCUT2D eigenvalue weighted by molar-refractivity contribution is 5.65. The first-order valence-electron chi connectivity index (χ1n) is 13.9. The fourth-order valence-electron chi connectivity index (χ4n) is 8.38. The molecule has 1 aromatic carbocycles. The SMILES string of the molecule is CC1=C2C(O)C(O)C3(C)C(OCc4ccccc4)C=CC4(COC(C)(C)O4)C3C3OC(=O)OC3(CC1)C2(C)C. The van der Waals surface area contributed by atoms with Crippen molar-refractivity contribution in [3.8, 4) is 0 Å². The smallest absolute Gasteiger partial charge is 0.426 e. The molecule has 6 rings (SSSR count). The lowest BCUT2D eigenvalue weighted by Crippen LogP contribution is -2.73. The number of aliphatic hydroxyl groups is 2.